The zero-order valence-electron chi connectivity index (χ0n) is 15.1. The Labute approximate surface area is 156 Å². The molecular weight excluding hydrogens is 346 g/mol. The van der Waals surface area contributed by atoms with Crippen molar-refractivity contribution < 1.29 is 4.79 Å². The van der Waals surface area contributed by atoms with Gasteiger partial charge in [-0.15, -0.1) is 0 Å². The molecule has 142 valence electrons. The molecule has 0 spiro atoms. The molecule has 27 heavy (non-hydrogen) atoms. The molecule has 0 aromatic carbocycles. The molecule has 4 rings (SSSR count). The van der Waals surface area contributed by atoms with Gasteiger partial charge in [0.25, 0.3) is 11.5 Å². The van der Waals surface area contributed by atoms with Crippen molar-refractivity contribution >= 4 is 11.7 Å². The van der Waals surface area contributed by atoms with Gasteiger partial charge in [0.2, 0.25) is 5.56 Å². The molecule has 1 saturated heterocycles. The van der Waals surface area contributed by atoms with Crippen LogP contribution in [0.5, 0.6) is 0 Å². The molecule has 8 nitrogen and oxygen atoms in total. The summed E-state index contributed by atoms with van der Waals surface area (Å²) in [6, 6.07) is 6.33. The Balaban J connectivity index is 1.34. The van der Waals surface area contributed by atoms with Crippen molar-refractivity contribution in [1.82, 2.24) is 20.1 Å². The van der Waals surface area contributed by atoms with E-state index in [1.165, 1.54) is 31.2 Å². The summed E-state index contributed by atoms with van der Waals surface area (Å²) in [4.78, 5) is 40.0. The summed E-state index contributed by atoms with van der Waals surface area (Å²) in [6.45, 7) is 2.24. The first-order valence-corrected chi connectivity index (χ1v) is 9.41. The van der Waals surface area contributed by atoms with Gasteiger partial charge in [0, 0.05) is 44.0 Å². The topological polar surface area (TPSA) is 100 Å². The molecule has 1 saturated carbocycles. The van der Waals surface area contributed by atoms with Crippen LogP contribution < -0.4 is 21.3 Å². The number of hydrogen-bond acceptors (Lipinski definition) is 5. The third-order valence-electron chi connectivity index (χ3n) is 5.18. The molecule has 8 heteroatoms. The Kier molecular flexibility index (Phi) is 4.79. The number of H-pyrrole nitrogens is 1. The number of hydrogen-bond donors (Lipinski definition) is 2. The number of nitrogens with zero attached hydrogens (tertiary/aromatic N) is 3. The number of anilines is 1. The van der Waals surface area contributed by atoms with E-state index in [0.717, 1.165) is 31.7 Å². The second-order valence-electron chi connectivity index (χ2n) is 7.33. The molecular formula is C19H23N5O3. The van der Waals surface area contributed by atoms with Crippen molar-refractivity contribution in [1.29, 1.82) is 0 Å². The monoisotopic (exact) mass is 369 g/mol. The van der Waals surface area contributed by atoms with Crippen LogP contribution in [0.2, 0.25) is 0 Å². The van der Waals surface area contributed by atoms with E-state index in [1.54, 1.807) is 16.8 Å². The number of aromatic amines is 1. The summed E-state index contributed by atoms with van der Waals surface area (Å²) >= 11 is 0. The first kappa shape index (κ1) is 17.5. The van der Waals surface area contributed by atoms with E-state index in [9.17, 15) is 14.4 Å². The van der Waals surface area contributed by atoms with E-state index in [1.807, 2.05) is 0 Å². The summed E-state index contributed by atoms with van der Waals surface area (Å²) in [5.74, 6) is 1.24. The Hall–Kier alpha value is -2.90. The molecule has 3 heterocycles. The predicted octanol–water partition coefficient (Wildman–Crippen LogP) is 0.740. The highest BCUT2D eigenvalue weighted by Crippen LogP contribution is 2.30. The Morgan fingerprint density at radius 2 is 1.89 bits per heavy atom. The smallest absolute Gasteiger partial charge is 0.266 e. The average molecular weight is 369 g/mol. The highest BCUT2D eigenvalue weighted by Gasteiger charge is 2.25. The third kappa shape index (κ3) is 4.27. The van der Waals surface area contributed by atoms with Crippen LogP contribution in [-0.4, -0.2) is 39.8 Å². The SMILES string of the molecule is O=C(NC1CCN(c2ccc(=O)n(CC3CC3)n2)CC1)c1ccc(=O)[nH]c1. The molecule has 1 aliphatic carbocycles. The van der Waals surface area contributed by atoms with Crippen LogP contribution >= 0.6 is 0 Å². The van der Waals surface area contributed by atoms with E-state index in [-0.39, 0.29) is 23.1 Å². The number of carbonyl (C=O) groups is 1. The second-order valence-corrected chi connectivity index (χ2v) is 7.33. The lowest BCUT2D eigenvalue weighted by Crippen LogP contribution is -2.45. The lowest BCUT2D eigenvalue weighted by molar-refractivity contribution is 0.0930. The maximum Gasteiger partial charge on any atom is 0.266 e. The molecule has 2 aliphatic rings. The van der Waals surface area contributed by atoms with Gasteiger partial charge in [-0.1, -0.05) is 0 Å². The van der Waals surface area contributed by atoms with Gasteiger partial charge in [0.05, 0.1) is 5.56 Å². The van der Waals surface area contributed by atoms with E-state index in [0.29, 0.717) is 18.0 Å². The number of nitrogens with one attached hydrogen (secondary N) is 2. The van der Waals surface area contributed by atoms with Crippen molar-refractivity contribution in [2.24, 2.45) is 5.92 Å². The van der Waals surface area contributed by atoms with Crippen LogP contribution in [0.1, 0.15) is 36.0 Å². The Bertz CT molecular complexity index is 918. The van der Waals surface area contributed by atoms with Crippen LogP contribution in [0.3, 0.4) is 0 Å². The van der Waals surface area contributed by atoms with Gasteiger partial charge < -0.3 is 15.2 Å². The quantitative estimate of drug-likeness (QED) is 0.810. The molecule has 0 bridgehead atoms. The number of rotatable bonds is 5. The molecule has 1 aliphatic heterocycles. The largest absolute Gasteiger partial charge is 0.355 e. The Morgan fingerprint density at radius 1 is 1.11 bits per heavy atom. The number of piperidine rings is 1. The van der Waals surface area contributed by atoms with E-state index < -0.39 is 0 Å². The van der Waals surface area contributed by atoms with Crippen molar-refractivity contribution in [2.45, 2.75) is 38.3 Å². The van der Waals surface area contributed by atoms with Gasteiger partial charge in [-0.05, 0) is 43.7 Å². The fraction of sp³-hybridized carbons (Fsp3) is 0.474. The molecule has 0 atom stereocenters. The fourth-order valence-corrected chi connectivity index (χ4v) is 3.36. The summed E-state index contributed by atoms with van der Waals surface area (Å²) in [6.07, 6.45) is 5.40. The van der Waals surface area contributed by atoms with Gasteiger partial charge in [-0.3, -0.25) is 14.4 Å². The first-order chi connectivity index (χ1) is 13.1. The van der Waals surface area contributed by atoms with E-state index in [4.69, 9.17) is 0 Å². The minimum absolute atomic E-state index is 0.0475. The average Bonchev–Trinajstić information content (AvgIpc) is 3.49. The third-order valence-corrected chi connectivity index (χ3v) is 5.18. The minimum Gasteiger partial charge on any atom is -0.355 e. The van der Waals surface area contributed by atoms with Crippen molar-refractivity contribution in [3.05, 3.63) is 56.7 Å². The molecule has 2 aromatic rings. The van der Waals surface area contributed by atoms with Gasteiger partial charge in [0.1, 0.15) is 5.82 Å². The molecule has 0 radical (unpaired) electrons. The van der Waals surface area contributed by atoms with Crippen LogP contribution in [-0.2, 0) is 6.54 Å². The molecule has 2 fully saturated rings. The highest BCUT2D eigenvalue weighted by molar-refractivity contribution is 5.94. The van der Waals surface area contributed by atoms with Crippen LogP contribution in [0.15, 0.2) is 40.1 Å². The number of pyridine rings is 1. The van der Waals surface area contributed by atoms with Crippen LogP contribution in [0.4, 0.5) is 5.82 Å². The Morgan fingerprint density at radius 3 is 2.56 bits per heavy atom. The lowest BCUT2D eigenvalue weighted by Gasteiger charge is -2.33. The second kappa shape index (κ2) is 7.38. The molecule has 0 unspecified atom stereocenters. The maximum atomic E-state index is 12.3. The standard InChI is InChI=1S/C19H23N5O3/c25-17-5-3-14(11-20-17)19(27)21-15-7-9-23(10-8-15)16-4-6-18(26)24(22-16)12-13-1-2-13/h3-6,11,13,15H,1-2,7-10,12H2,(H,20,25)(H,21,27). The van der Waals surface area contributed by atoms with Gasteiger partial charge >= 0.3 is 0 Å². The summed E-state index contributed by atoms with van der Waals surface area (Å²) < 4.78 is 1.58. The van der Waals surface area contributed by atoms with Crippen LogP contribution in [0.25, 0.3) is 0 Å². The maximum absolute atomic E-state index is 12.3. The van der Waals surface area contributed by atoms with Crippen molar-refractivity contribution in [2.75, 3.05) is 18.0 Å². The molecule has 1 amide bonds. The zero-order valence-corrected chi connectivity index (χ0v) is 15.1. The first-order valence-electron chi connectivity index (χ1n) is 9.41. The van der Waals surface area contributed by atoms with Gasteiger partial charge in [-0.25, -0.2) is 4.68 Å². The number of amides is 1. The minimum atomic E-state index is -0.226. The number of carbonyl (C=O) groups excluding carboxylic acids is 1. The summed E-state index contributed by atoms with van der Waals surface area (Å²) in [5.41, 5.74) is 0.176. The van der Waals surface area contributed by atoms with E-state index in [2.05, 4.69) is 20.3 Å². The lowest BCUT2D eigenvalue weighted by atomic mass is 10.0. The van der Waals surface area contributed by atoms with Crippen molar-refractivity contribution in [3.8, 4) is 0 Å². The molecule has 2 aromatic heterocycles. The van der Waals surface area contributed by atoms with Crippen LogP contribution in [0, 0.1) is 5.92 Å². The predicted molar refractivity (Wildman–Crippen MR) is 101 cm³/mol. The fourth-order valence-electron chi connectivity index (χ4n) is 3.36. The normalized spacial score (nSPS) is 17.7. The molecule has 2 N–H and O–H groups in total. The summed E-state index contributed by atoms with van der Waals surface area (Å²) in [7, 11) is 0. The number of aromatic nitrogens is 3. The van der Waals surface area contributed by atoms with E-state index >= 15 is 0 Å². The zero-order chi connectivity index (χ0) is 18.8. The highest BCUT2D eigenvalue weighted by atomic mass is 16.2. The summed E-state index contributed by atoms with van der Waals surface area (Å²) in [5, 5.41) is 7.55. The van der Waals surface area contributed by atoms with Gasteiger partial charge in [0.15, 0.2) is 0 Å². The van der Waals surface area contributed by atoms with Crippen molar-refractivity contribution in [3.63, 3.8) is 0 Å². The van der Waals surface area contributed by atoms with Gasteiger partial charge in [-0.2, -0.15) is 5.10 Å².